The summed E-state index contributed by atoms with van der Waals surface area (Å²) in [5, 5.41) is 5.82. The summed E-state index contributed by atoms with van der Waals surface area (Å²) in [6.07, 6.45) is 0.201. The van der Waals surface area contributed by atoms with Gasteiger partial charge >= 0.3 is 6.03 Å². The van der Waals surface area contributed by atoms with Gasteiger partial charge in [-0.25, -0.2) is 4.79 Å². The molecule has 0 spiro atoms. The number of aryl methyl sites for hydroxylation is 1. The SMILES string of the molecule is Cc1cccc(CNC(=O)c2cccc(CN3C(=O)CC(c4ccccc4)NC3=O)c2)c1. The lowest BCUT2D eigenvalue weighted by atomic mass is 10.0. The molecule has 32 heavy (non-hydrogen) atoms. The van der Waals surface area contributed by atoms with Gasteiger partial charge in [0.25, 0.3) is 5.91 Å². The van der Waals surface area contributed by atoms with Gasteiger partial charge in [-0.05, 0) is 35.7 Å². The predicted octanol–water partition coefficient (Wildman–Crippen LogP) is 4.11. The number of nitrogens with zero attached hydrogens (tertiary/aromatic N) is 1. The summed E-state index contributed by atoms with van der Waals surface area (Å²) in [6.45, 7) is 2.55. The Kier molecular flexibility index (Phi) is 6.31. The molecule has 4 rings (SSSR count). The van der Waals surface area contributed by atoms with Gasteiger partial charge < -0.3 is 10.6 Å². The van der Waals surface area contributed by atoms with Crippen molar-refractivity contribution >= 4 is 17.8 Å². The zero-order chi connectivity index (χ0) is 22.5. The molecule has 4 amide bonds. The first-order valence-corrected chi connectivity index (χ1v) is 10.6. The largest absolute Gasteiger partial charge is 0.348 e. The Morgan fingerprint density at radius 3 is 2.47 bits per heavy atom. The Bertz CT molecular complexity index is 1130. The molecule has 1 heterocycles. The molecule has 6 nitrogen and oxygen atoms in total. The van der Waals surface area contributed by atoms with E-state index in [0.717, 1.165) is 22.3 Å². The van der Waals surface area contributed by atoms with Crippen LogP contribution in [0.25, 0.3) is 0 Å². The van der Waals surface area contributed by atoms with Crippen LogP contribution < -0.4 is 10.6 Å². The van der Waals surface area contributed by atoms with E-state index in [1.165, 1.54) is 4.90 Å². The summed E-state index contributed by atoms with van der Waals surface area (Å²) < 4.78 is 0. The maximum Gasteiger partial charge on any atom is 0.324 e. The van der Waals surface area contributed by atoms with Gasteiger partial charge in [-0.2, -0.15) is 0 Å². The molecule has 6 heteroatoms. The molecule has 3 aromatic rings. The van der Waals surface area contributed by atoms with Gasteiger partial charge in [0, 0.05) is 12.1 Å². The number of hydrogen-bond acceptors (Lipinski definition) is 3. The van der Waals surface area contributed by atoms with Gasteiger partial charge in [-0.1, -0.05) is 72.3 Å². The highest BCUT2D eigenvalue weighted by Crippen LogP contribution is 2.23. The third-order valence-corrected chi connectivity index (χ3v) is 5.49. The summed E-state index contributed by atoms with van der Waals surface area (Å²) in [4.78, 5) is 39.1. The second-order valence-corrected chi connectivity index (χ2v) is 7.97. The molecule has 1 atom stereocenters. The number of nitrogens with one attached hydrogen (secondary N) is 2. The van der Waals surface area contributed by atoms with Crippen molar-refractivity contribution in [2.45, 2.75) is 32.5 Å². The first-order valence-electron chi connectivity index (χ1n) is 10.6. The lowest BCUT2D eigenvalue weighted by Gasteiger charge is -2.31. The van der Waals surface area contributed by atoms with Crippen LogP contribution in [0.3, 0.4) is 0 Å². The highest BCUT2D eigenvalue weighted by atomic mass is 16.2. The molecule has 162 valence electrons. The molecule has 1 aliphatic heterocycles. The Morgan fingerprint density at radius 2 is 1.72 bits per heavy atom. The minimum atomic E-state index is -0.426. The van der Waals surface area contributed by atoms with Crippen LogP contribution in [0.2, 0.25) is 0 Å². The molecule has 1 aliphatic rings. The van der Waals surface area contributed by atoms with Crippen molar-refractivity contribution in [1.29, 1.82) is 0 Å². The molecular weight excluding hydrogens is 402 g/mol. The van der Waals surface area contributed by atoms with E-state index in [2.05, 4.69) is 10.6 Å². The fourth-order valence-corrected chi connectivity index (χ4v) is 3.82. The van der Waals surface area contributed by atoms with Crippen LogP contribution in [-0.2, 0) is 17.9 Å². The van der Waals surface area contributed by atoms with Crippen molar-refractivity contribution in [1.82, 2.24) is 15.5 Å². The summed E-state index contributed by atoms with van der Waals surface area (Å²) in [7, 11) is 0. The number of carbonyl (C=O) groups is 3. The molecule has 3 aromatic carbocycles. The summed E-state index contributed by atoms with van der Waals surface area (Å²) >= 11 is 0. The van der Waals surface area contributed by atoms with E-state index < -0.39 is 6.03 Å². The number of amides is 4. The first-order chi connectivity index (χ1) is 15.5. The molecule has 1 fully saturated rings. The number of urea groups is 1. The van der Waals surface area contributed by atoms with E-state index >= 15 is 0 Å². The lowest BCUT2D eigenvalue weighted by Crippen LogP contribution is -2.50. The molecular formula is C26H25N3O3. The molecule has 2 N–H and O–H groups in total. The van der Waals surface area contributed by atoms with Crippen LogP contribution in [0.4, 0.5) is 4.79 Å². The van der Waals surface area contributed by atoms with Crippen LogP contribution >= 0.6 is 0 Å². The Labute approximate surface area is 187 Å². The van der Waals surface area contributed by atoms with E-state index in [1.54, 1.807) is 24.3 Å². The maximum absolute atomic E-state index is 12.7. The van der Waals surface area contributed by atoms with Crippen molar-refractivity contribution in [3.63, 3.8) is 0 Å². The van der Waals surface area contributed by atoms with Gasteiger partial charge in [-0.15, -0.1) is 0 Å². The zero-order valence-electron chi connectivity index (χ0n) is 17.9. The van der Waals surface area contributed by atoms with Crippen molar-refractivity contribution < 1.29 is 14.4 Å². The summed E-state index contributed by atoms with van der Waals surface area (Å²) in [5.74, 6) is -0.441. The molecule has 0 saturated carbocycles. The molecule has 0 aromatic heterocycles. The van der Waals surface area contributed by atoms with Gasteiger partial charge in [0.15, 0.2) is 0 Å². The molecule has 1 saturated heterocycles. The highest BCUT2D eigenvalue weighted by Gasteiger charge is 2.32. The smallest absolute Gasteiger partial charge is 0.324 e. The normalized spacial score (nSPS) is 15.9. The van der Waals surface area contributed by atoms with Crippen molar-refractivity contribution in [2.75, 3.05) is 0 Å². The van der Waals surface area contributed by atoms with Crippen LogP contribution in [0, 0.1) is 6.92 Å². The maximum atomic E-state index is 12.7. The van der Waals surface area contributed by atoms with E-state index in [9.17, 15) is 14.4 Å². The minimum absolute atomic E-state index is 0.116. The predicted molar refractivity (Wildman–Crippen MR) is 122 cm³/mol. The van der Waals surface area contributed by atoms with E-state index in [-0.39, 0.29) is 30.8 Å². The number of carbonyl (C=O) groups excluding carboxylic acids is 3. The van der Waals surface area contributed by atoms with Gasteiger partial charge in [0.2, 0.25) is 5.91 Å². The van der Waals surface area contributed by atoms with Crippen LogP contribution in [0.15, 0.2) is 78.9 Å². The highest BCUT2D eigenvalue weighted by molar-refractivity contribution is 5.97. The van der Waals surface area contributed by atoms with Crippen LogP contribution in [0.5, 0.6) is 0 Å². The second-order valence-electron chi connectivity index (χ2n) is 7.97. The molecule has 0 bridgehead atoms. The van der Waals surface area contributed by atoms with Gasteiger partial charge in [0.1, 0.15) is 0 Å². The number of benzene rings is 3. The topological polar surface area (TPSA) is 78.5 Å². The Balaban J connectivity index is 1.39. The van der Waals surface area contributed by atoms with E-state index in [4.69, 9.17) is 0 Å². The van der Waals surface area contributed by atoms with Gasteiger partial charge in [0.05, 0.1) is 19.0 Å². The van der Waals surface area contributed by atoms with E-state index in [0.29, 0.717) is 12.1 Å². The molecule has 0 aliphatic carbocycles. The minimum Gasteiger partial charge on any atom is -0.348 e. The van der Waals surface area contributed by atoms with Crippen molar-refractivity contribution in [3.05, 3.63) is 107 Å². The number of imide groups is 1. The fraction of sp³-hybridized carbons (Fsp3) is 0.192. The average molecular weight is 428 g/mol. The summed E-state index contributed by atoms with van der Waals surface area (Å²) in [6, 6.07) is 23.7. The van der Waals surface area contributed by atoms with Crippen molar-refractivity contribution in [3.8, 4) is 0 Å². The lowest BCUT2D eigenvalue weighted by molar-refractivity contribution is -0.130. The third-order valence-electron chi connectivity index (χ3n) is 5.49. The Hall–Kier alpha value is -3.93. The second kappa shape index (κ2) is 9.47. The first kappa shape index (κ1) is 21.3. The summed E-state index contributed by atoms with van der Waals surface area (Å²) in [5.41, 5.74) is 4.27. The quantitative estimate of drug-likeness (QED) is 0.621. The Morgan fingerprint density at radius 1 is 0.969 bits per heavy atom. The molecule has 1 unspecified atom stereocenters. The standard InChI is InChI=1S/C26H25N3O3/c1-18-7-5-8-19(13-18)16-27-25(31)22-12-6-9-20(14-22)17-29-24(30)15-23(28-26(29)32)21-10-3-2-4-11-21/h2-14,23H,15-17H2,1H3,(H,27,31)(H,28,32). The van der Waals surface area contributed by atoms with Crippen molar-refractivity contribution in [2.24, 2.45) is 0 Å². The van der Waals surface area contributed by atoms with Gasteiger partial charge in [-0.3, -0.25) is 14.5 Å². The van der Waals surface area contributed by atoms with Crippen LogP contribution in [0.1, 0.15) is 45.1 Å². The van der Waals surface area contributed by atoms with Crippen LogP contribution in [-0.4, -0.2) is 22.7 Å². The molecule has 0 radical (unpaired) electrons. The number of hydrogen-bond donors (Lipinski definition) is 2. The van der Waals surface area contributed by atoms with E-state index in [1.807, 2.05) is 61.5 Å². The third kappa shape index (κ3) is 5.03. The number of rotatable bonds is 6. The average Bonchev–Trinajstić information content (AvgIpc) is 2.80. The monoisotopic (exact) mass is 427 g/mol. The fourth-order valence-electron chi connectivity index (χ4n) is 3.82. The zero-order valence-corrected chi connectivity index (χ0v) is 17.9.